The molecule has 0 spiro atoms. The molecule has 2 aromatic carbocycles. The quantitative estimate of drug-likeness (QED) is 0.594. The number of thiophene rings is 1. The topological polar surface area (TPSA) is 32.3 Å². The highest BCUT2D eigenvalue weighted by Crippen LogP contribution is 2.27. The summed E-state index contributed by atoms with van der Waals surface area (Å²) in [5, 5.41) is 3.09. The largest absolute Gasteiger partial charge is 0.350 e. The molecule has 0 bridgehead atoms. The Morgan fingerprint density at radius 2 is 1.62 bits per heavy atom. The van der Waals surface area contributed by atoms with Crippen LogP contribution in [0.5, 0.6) is 0 Å². The summed E-state index contributed by atoms with van der Waals surface area (Å²) >= 11 is 1.56. The highest BCUT2D eigenvalue weighted by Gasteiger charge is 2.19. The molecule has 1 fully saturated rings. The van der Waals surface area contributed by atoms with Crippen molar-refractivity contribution in [2.24, 2.45) is 5.92 Å². The smallest absolute Gasteiger partial charge is 0.261 e. The number of nitrogens with one attached hydrogen (secondary N) is 1. The van der Waals surface area contributed by atoms with Crippen molar-refractivity contribution in [3.8, 4) is 10.4 Å². The fourth-order valence-corrected chi connectivity index (χ4v) is 4.92. The maximum absolute atomic E-state index is 12.5. The molecule has 4 heteroatoms. The molecule has 0 radical (unpaired) electrons. The zero-order valence-corrected chi connectivity index (χ0v) is 17.5. The summed E-state index contributed by atoms with van der Waals surface area (Å²) in [7, 11) is 0. The second-order valence-electron chi connectivity index (χ2n) is 7.76. The van der Waals surface area contributed by atoms with Gasteiger partial charge in [0.2, 0.25) is 0 Å². The summed E-state index contributed by atoms with van der Waals surface area (Å²) in [5.74, 6) is 0.821. The molecule has 1 saturated heterocycles. The van der Waals surface area contributed by atoms with Gasteiger partial charge < -0.3 is 10.2 Å². The van der Waals surface area contributed by atoms with E-state index in [1.165, 1.54) is 24.8 Å². The molecular formula is C25H28N2OS. The van der Waals surface area contributed by atoms with Crippen molar-refractivity contribution in [1.29, 1.82) is 0 Å². The lowest BCUT2D eigenvalue weighted by Crippen LogP contribution is -2.39. The van der Waals surface area contributed by atoms with Crippen LogP contribution in [0.2, 0.25) is 0 Å². The number of carbonyl (C=O) groups excluding carboxylic acids is 1. The van der Waals surface area contributed by atoms with Gasteiger partial charge in [0.15, 0.2) is 0 Å². The highest BCUT2D eigenvalue weighted by atomic mass is 32.1. The van der Waals surface area contributed by atoms with Crippen molar-refractivity contribution < 1.29 is 4.79 Å². The van der Waals surface area contributed by atoms with E-state index in [2.05, 4.69) is 52.7 Å². The molecule has 0 aliphatic carbocycles. The van der Waals surface area contributed by atoms with Gasteiger partial charge in [-0.15, -0.1) is 11.3 Å². The first-order valence-corrected chi connectivity index (χ1v) is 11.3. The van der Waals surface area contributed by atoms with Crippen LogP contribution >= 0.6 is 11.3 Å². The van der Waals surface area contributed by atoms with Gasteiger partial charge >= 0.3 is 0 Å². The molecule has 150 valence electrons. The molecule has 4 rings (SSSR count). The lowest BCUT2D eigenvalue weighted by Gasteiger charge is -2.32. The number of rotatable bonds is 7. The Bertz CT molecular complexity index is 899. The number of piperidine rings is 1. The molecule has 1 aromatic heterocycles. The van der Waals surface area contributed by atoms with Crippen molar-refractivity contribution in [2.75, 3.05) is 26.2 Å². The fraction of sp³-hybridized carbons (Fsp3) is 0.320. The van der Waals surface area contributed by atoms with Gasteiger partial charge in [0.05, 0.1) is 4.88 Å². The Kier molecular flexibility index (Phi) is 6.75. The number of benzene rings is 2. The first-order chi connectivity index (χ1) is 14.3. The molecule has 3 nitrogen and oxygen atoms in total. The van der Waals surface area contributed by atoms with Gasteiger partial charge in [-0.2, -0.15) is 0 Å². The number of nitrogens with zero attached hydrogens (tertiary/aromatic N) is 1. The molecule has 1 amide bonds. The van der Waals surface area contributed by atoms with E-state index >= 15 is 0 Å². The Balaban J connectivity index is 1.18. The van der Waals surface area contributed by atoms with Gasteiger partial charge in [-0.1, -0.05) is 60.7 Å². The second kappa shape index (κ2) is 9.86. The minimum absolute atomic E-state index is 0.0381. The number of amides is 1. The highest BCUT2D eigenvalue weighted by molar-refractivity contribution is 7.17. The molecule has 1 N–H and O–H groups in total. The summed E-state index contributed by atoms with van der Waals surface area (Å²) in [6.45, 7) is 3.90. The van der Waals surface area contributed by atoms with E-state index in [1.807, 2.05) is 30.3 Å². The third-order valence-electron chi connectivity index (χ3n) is 5.68. The minimum Gasteiger partial charge on any atom is -0.350 e. The SMILES string of the molecule is O=C(NCCN1CCC(Cc2ccccc2)CC1)c1ccc(-c2ccccc2)s1. The van der Waals surface area contributed by atoms with E-state index in [4.69, 9.17) is 0 Å². The van der Waals surface area contributed by atoms with E-state index in [9.17, 15) is 4.79 Å². The van der Waals surface area contributed by atoms with Crippen LogP contribution in [0, 0.1) is 5.92 Å². The number of hydrogen-bond acceptors (Lipinski definition) is 3. The van der Waals surface area contributed by atoms with Crippen LogP contribution in [0.15, 0.2) is 72.8 Å². The average molecular weight is 405 g/mol. The van der Waals surface area contributed by atoms with Gasteiger partial charge in [0.1, 0.15) is 0 Å². The number of carbonyl (C=O) groups is 1. The molecule has 0 unspecified atom stereocenters. The van der Waals surface area contributed by atoms with Crippen LogP contribution in [-0.4, -0.2) is 37.0 Å². The first-order valence-electron chi connectivity index (χ1n) is 10.5. The van der Waals surface area contributed by atoms with E-state index < -0.39 is 0 Å². The molecule has 0 atom stereocenters. The van der Waals surface area contributed by atoms with E-state index in [0.717, 1.165) is 40.9 Å². The van der Waals surface area contributed by atoms with Crippen LogP contribution < -0.4 is 5.32 Å². The van der Waals surface area contributed by atoms with Crippen molar-refractivity contribution in [3.05, 3.63) is 83.2 Å². The number of hydrogen-bond donors (Lipinski definition) is 1. The zero-order valence-electron chi connectivity index (χ0n) is 16.7. The van der Waals surface area contributed by atoms with Crippen LogP contribution in [0.1, 0.15) is 28.1 Å². The molecule has 29 heavy (non-hydrogen) atoms. The normalized spacial score (nSPS) is 15.3. The van der Waals surface area contributed by atoms with Crippen molar-refractivity contribution in [2.45, 2.75) is 19.3 Å². The zero-order chi connectivity index (χ0) is 19.9. The lowest BCUT2D eigenvalue weighted by atomic mass is 9.90. The van der Waals surface area contributed by atoms with Crippen LogP contribution in [0.4, 0.5) is 0 Å². The van der Waals surface area contributed by atoms with Gasteiger partial charge in [-0.05, 0) is 61.5 Å². The van der Waals surface area contributed by atoms with Crippen molar-refractivity contribution >= 4 is 17.2 Å². The van der Waals surface area contributed by atoms with E-state index in [-0.39, 0.29) is 5.91 Å². The predicted molar refractivity (Wildman–Crippen MR) is 121 cm³/mol. The van der Waals surface area contributed by atoms with Gasteiger partial charge in [0, 0.05) is 18.0 Å². The van der Waals surface area contributed by atoms with Crippen molar-refractivity contribution in [1.82, 2.24) is 10.2 Å². The molecular weight excluding hydrogens is 376 g/mol. The van der Waals surface area contributed by atoms with Gasteiger partial charge in [0.25, 0.3) is 5.91 Å². The Morgan fingerprint density at radius 1 is 0.931 bits per heavy atom. The minimum atomic E-state index is 0.0381. The second-order valence-corrected chi connectivity index (χ2v) is 8.84. The number of likely N-dealkylation sites (tertiary alicyclic amines) is 1. The first kappa shape index (κ1) is 19.9. The summed E-state index contributed by atoms with van der Waals surface area (Å²) in [6, 6.07) is 25.0. The molecule has 3 aromatic rings. The van der Waals surface area contributed by atoms with E-state index in [0.29, 0.717) is 6.54 Å². The molecule has 2 heterocycles. The predicted octanol–water partition coefficient (Wildman–Crippen LogP) is 5.10. The maximum Gasteiger partial charge on any atom is 0.261 e. The fourth-order valence-electron chi connectivity index (χ4n) is 3.99. The maximum atomic E-state index is 12.5. The summed E-state index contributed by atoms with van der Waals surface area (Å²) in [4.78, 5) is 16.9. The standard InChI is InChI=1S/C25H28N2OS/c28-25(24-12-11-23(29-24)22-9-5-2-6-10-22)26-15-18-27-16-13-21(14-17-27)19-20-7-3-1-4-8-20/h1-12,21H,13-19H2,(H,26,28). The Morgan fingerprint density at radius 3 is 2.34 bits per heavy atom. The van der Waals surface area contributed by atoms with Gasteiger partial charge in [-0.3, -0.25) is 4.79 Å². The average Bonchev–Trinajstić information content (AvgIpc) is 3.27. The third-order valence-corrected chi connectivity index (χ3v) is 6.81. The Hall–Kier alpha value is -2.43. The van der Waals surface area contributed by atoms with Crippen LogP contribution in [0.25, 0.3) is 10.4 Å². The molecule has 1 aliphatic rings. The van der Waals surface area contributed by atoms with Crippen LogP contribution in [0.3, 0.4) is 0 Å². The lowest BCUT2D eigenvalue weighted by molar-refractivity contribution is 0.0948. The summed E-state index contributed by atoms with van der Waals surface area (Å²) in [5.41, 5.74) is 2.61. The third kappa shape index (κ3) is 5.55. The van der Waals surface area contributed by atoms with Crippen LogP contribution in [-0.2, 0) is 6.42 Å². The van der Waals surface area contributed by atoms with Crippen molar-refractivity contribution in [3.63, 3.8) is 0 Å². The van der Waals surface area contributed by atoms with E-state index in [1.54, 1.807) is 11.3 Å². The summed E-state index contributed by atoms with van der Waals surface area (Å²) < 4.78 is 0. The molecule has 0 saturated carbocycles. The monoisotopic (exact) mass is 404 g/mol. The summed E-state index contributed by atoms with van der Waals surface area (Å²) in [6.07, 6.45) is 3.68. The molecule has 1 aliphatic heterocycles. The van der Waals surface area contributed by atoms with Gasteiger partial charge in [-0.25, -0.2) is 0 Å². The Labute approximate surface area is 177 Å².